The van der Waals surface area contributed by atoms with Crippen molar-refractivity contribution in [3.05, 3.63) is 0 Å². The van der Waals surface area contributed by atoms with E-state index in [4.69, 9.17) is 0 Å². The van der Waals surface area contributed by atoms with Crippen LogP contribution in [0.15, 0.2) is 0 Å². The van der Waals surface area contributed by atoms with Gasteiger partial charge in [-0.25, -0.2) is 0 Å². The maximum atomic E-state index is 11.7. The van der Waals surface area contributed by atoms with Crippen LogP contribution in [0.1, 0.15) is 45.4 Å². The van der Waals surface area contributed by atoms with Crippen molar-refractivity contribution >= 4 is 5.97 Å². The van der Waals surface area contributed by atoms with Crippen LogP contribution >= 0.6 is 0 Å². The van der Waals surface area contributed by atoms with Crippen molar-refractivity contribution in [3.8, 4) is 0 Å². The van der Waals surface area contributed by atoms with Gasteiger partial charge in [-0.15, -0.1) is 0 Å². The number of carboxylic acids is 1. The Labute approximate surface area is 97.6 Å². The summed E-state index contributed by atoms with van der Waals surface area (Å²) < 4.78 is 0. The van der Waals surface area contributed by atoms with Crippen LogP contribution in [-0.2, 0) is 4.79 Å². The number of carbonyl (C=O) groups is 1. The Bertz CT molecular complexity index is 255. The molecule has 0 aromatic carbocycles. The summed E-state index contributed by atoms with van der Waals surface area (Å²) in [6, 6.07) is 0. The van der Waals surface area contributed by atoms with Crippen LogP contribution in [0, 0.1) is 17.3 Å². The molecule has 3 heteroatoms. The predicted octanol–water partition coefficient (Wildman–Crippen LogP) is 2.27. The van der Waals surface area contributed by atoms with Crippen LogP contribution in [0.2, 0.25) is 0 Å². The highest BCUT2D eigenvalue weighted by molar-refractivity contribution is 5.75. The van der Waals surface area contributed by atoms with Crippen molar-refractivity contribution in [2.45, 2.75) is 45.4 Å². The normalized spacial score (nSPS) is 27.8. The Morgan fingerprint density at radius 1 is 1.12 bits per heavy atom. The van der Waals surface area contributed by atoms with Crippen molar-refractivity contribution in [2.75, 3.05) is 13.1 Å². The quantitative estimate of drug-likeness (QED) is 0.774. The highest BCUT2D eigenvalue weighted by atomic mass is 16.4. The van der Waals surface area contributed by atoms with E-state index in [2.05, 4.69) is 5.32 Å². The summed E-state index contributed by atoms with van der Waals surface area (Å²) >= 11 is 0. The van der Waals surface area contributed by atoms with Gasteiger partial charge in [0.25, 0.3) is 0 Å². The molecule has 2 rings (SSSR count). The zero-order chi connectivity index (χ0) is 11.6. The van der Waals surface area contributed by atoms with Crippen molar-refractivity contribution in [2.24, 2.45) is 17.3 Å². The molecule has 0 aromatic rings. The molecule has 0 spiro atoms. The number of hydrogen-bond donors (Lipinski definition) is 2. The van der Waals surface area contributed by atoms with Gasteiger partial charge in [0.15, 0.2) is 0 Å². The number of carboxylic acid groups (broad SMARTS) is 1. The second-order valence-electron chi connectivity index (χ2n) is 5.59. The summed E-state index contributed by atoms with van der Waals surface area (Å²) in [7, 11) is 0. The second kappa shape index (κ2) is 4.74. The molecule has 2 fully saturated rings. The molecule has 1 atom stereocenters. The number of hydrogen-bond acceptors (Lipinski definition) is 2. The third-order valence-electron chi connectivity index (χ3n) is 4.85. The average Bonchev–Trinajstić information content (AvgIpc) is 2.82. The Balaban J connectivity index is 2.15. The summed E-state index contributed by atoms with van der Waals surface area (Å²) in [6.45, 7) is 3.97. The molecule has 1 aliphatic heterocycles. The molecular weight excluding hydrogens is 202 g/mol. The SMILES string of the molecule is CC(C(=O)O)(C1CCCC1)C1CCNCC1. The Kier molecular flexibility index (Phi) is 3.53. The monoisotopic (exact) mass is 225 g/mol. The van der Waals surface area contributed by atoms with Crippen molar-refractivity contribution in [3.63, 3.8) is 0 Å². The minimum Gasteiger partial charge on any atom is -0.481 e. The van der Waals surface area contributed by atoms with E-state index in [1.807, 2.05) is 6.92 Å². The average molecular weight is 225 g/mol. The van der Waals surface area contributed by atoms with E-state index in [-0.39, 0.29) is 0 Å². The van der Waals surface area contributed by atoms with E-state index >= 15 is 0 Å². The van der Waals surface area contributed by atoms with E-state index in [9.17, 15) is 9.90 Å². The molecule has 92 valence electrons. The van der Waals surface area contributed by atoms with Gasteiger partial charge in [0.2, 0.25) is 0 Å². The highest BCUT2D eigenvalue weighted by Gasteiger charge is 2.48. The molecule has 0 aromatic heterocycles. The van der Waals surface area contributed by atoms with E-state index in [1.165, 1.54) is 12.8 Å². The zero-order valence-electron chi connectivity index (χ0n) is 10.2. The van der Waals surface area contributed by atoms with E-state index in [0.717, 1.165) is 38.8 Å². The first kappa shape index (κ1) is 11.9. The van der Waals surface area contributed by atoms with Crippen molar-refractivity contribution in [1.82, 2.24) is 5.32 Å². The molecule has 1 saturated carbocycles. The fourth-order valence-corrected chi connectivity index (χ4v) is 3.63. The predicted molar refractivity (Wildman–Crippen MR) is 63.3 cm³/mol. The fourth-order valence-electron chi connectivity index (χ4n) is 3.63. The van der Waals surface area contributed by atoms with Gasteiger partial charge >= 0.3 is 5.97 Å². The lowest BCUT2D eigenvalue weighted by Crippen LogP contribution is -2.46. The molecule has 2 N–H and O–H groups in total. The number of piperidine rings is 1. The van der Waals surface area contributed by atoms with Gasteiger partial charge in [-0.05, 0) is 57.5 Å². The topological polar surface area (TPSA) is 49.3 Å². The first-order valence-corrected chi connectivity index (χ1v) is 6.60. The summed E-state index contributed by atoms with van der Waals surface area (Å²) in [5.74, 6) is 0.216. The second-order valence-corrected chi connectivity index (χ2v) is 5.59. The summed E-state index contributed by atoms with van der Waals surface area (Å²) in [5, 5.41) is 12.9. The minimum atomic E-state index is -0.564. The van der Waals surface area contributed by atoms with Crippen molar-refractivity contribution in [1.29, 1.82) is 0 Å². The van der Waals surface area contributed by atoms with Gasteiger partial charge < -0.3 is 10.4 Å². The lowest BCUT2D eigenvalue weighted by Gasteiger charge is -2.41. The molecule has 1 saturated heterocycles. The molecular formula is C13H23NO2. The van der Waals surface area contributed by atoms with Gasteiger partial charge in [-0.3, -0.25) is 4.79 Å². The van der Waals surface area contributed by atoms with Crippen LogP contribution in [0.3, 0.4) is 0 Å². The Hall–Kier alpha value is -0.570. The molecule has 1 heterocycles. The van der Waals surface area contributed by atoms with E-state index in [0.29, 0.717) is 11.8 Å². The lowest BCUT2D eigenvalue weighted by atomic mass is 9.64. The maximum Gasteiger partial charge on any atom is 0.309 e. The van der Waals surface area contributed by atoms with Gasteiger partial charge in [0, 0.05) is 0 Å². The largest absolute Gasteiger partial charge is 0.481 e. The van der Waals surface area contributed by atoms with E-state index in [1.54, 1.807) is 0 Å². The summed E-state index contributed by atoms with van der Waals surface area (Å²) in [4.78, 5) is 11.7. The molecule has 0 radical (unpaired) electrons. The van der Waals surface area contributed by atoms with Crippen LogP contribution in [0.5, 0.6) is 0 Å². The minimum absolute atomic E-state index is 0.370. The van der Waals surface area contributed by atoms with E-state index < -0.39 is 11.4 Å². The Morgan fingerprint density at radius 3 is 2.12 bits per heavy atom. The first-order valence-electron chi connectivity index (χ1n) is 6.60. The summed E-state index contributed by atoms with van der Waals surface area (Å²) in [5.41, 5.74) is -0.474. The molecule has 1 unspecified atom stereocenters. The highest BCUT2D eigenvalue weighted by Crippen LogP contribution is 2.47. The first-order chi connectivity index (χ1) is 7.65. The maximum absolute atomic E-state index is 11.7. The lowest BCUT2D eigenvalue weighted by molar-refractivity contribution is -0.156. The number of aliphatic carboxylic acids is 1. The third kappa shape index (κ3) is 1.97. The molecule has 0 amide bonds. The molecule has 16 heavy (non-hydrogen) atoms. The number of rotatable bonds is 3. The number of nitrogens with one attached hydrogen (secondary N) is 1. The smallest absolute Gasteiger partial charge is 0.309 e. The molecule has 3 nitrogen and oxygen atoms in total. The molecule has 0 bridgehead atoms. The Morgan fingerprint density at radius 2 is 1.62 bits per heavy atom. The van der Waals surface area contributed by atoms with Gasteiger partial charge in [0.05, 0.1) is 5.41 Å². The van der Waals surface area contributed by atoms with Crippen LogP contribution in [0.25, 0.3) is 0 Å². The standard InChI is InChI=1S/C13H23NO2/c1-13(12(15)16,10-4-2-3-5-10)11-6-8-14-9-7-11/h10-11,14H,2-9H2,1H3,(H,15,16). The van der Waals surface area contributed by atoms with Gasteiger partial charge in [-0.1, -0.05) is 12.8 Å². The van der Waals surface area contributed by atoms with Gasteiger partial charge in [-0.2, -0.15) is 0 Å². The molecule has 2 aliphatic rings. The van der Waals surface area contributed by atoms with Crippen LogP contribution < -0.4 is 5.32 Å². The third-order valence-corrected chi connectivity index (χ3v) is 4.85. The zero-order valence-corrected chi connectivity index (χ0v) is 10.2. The molecule has 1 aliphatic carbocycles. The van der Waals surface area contributed by atoms with Crippen molar-refractivity contribution < 1.29 is 9.90 Å². The van der Waals surface area contributed by atoms with Gasteiger partial charge in [0.1, 0.15) is 0 Å². The van der Waals surface area contributed by atoms with Crippen LogP contribution in [-0.4, -0.2) is 24.2 Å². The van der Waals surface area contributed by atoms with Crippen LogP contribution in [0.4, 0.5) is 0 Å². The fraction of sp³-hybridized carbons (Fsp3) is 0.923. The summed E-state index contributed by atoms with van der Waals surface area (Å²) in [6.07, 6.45) is 6.73.